The number of rotatable bonds is 9. The van der Waals surface area contributed by atoms with Crippen LogP contribution in [-0.2, 0) is 6.54 Å². The fourth-order valence-electron chi connectivity index (χ4n) is 2.65. The summed E-state index contributed by atoms with van der Waals surface area (Å²) in [6, 6.07) is 15.6. The zero-order valence-corrected chi connectivity index (χ0v) is 16.4. The molecule has 1 N–H and O–H groups in total. The molecule has 1 unspecified atom stereocenters. The van der Waals surface area contributed by atoms with Crippen LogP contribution in [0.25, 0.3) is 11.5 Å². The maximum Gasteiger partial charge on any atom is 0.247 e. The lowest BCUT2D eigenvalue weighted by Crippen LogP contribution is -2.18. The van der Waals surface area contributed by atoms with Gasteiger partial charge >= 0.3 is 0 Å². The number of benzene rings is 2. The monoisotopic (exact) mass is 385 g/mol. The number of hydrogen-bond donors (Lipinski definition) is 1. The molecule has 0 bridgehead atoms. The van der Waals surface area contributed by atoms with Crippen LogP contribution in [0.3, 0.4) is 0 Å². The quantitative estimate of drug-likeness (QED) is 0.498. The van der Waals surface area contributed by atoms with Gasteiger partial charge in [0.15, 0.2) is 0 Å². The molecule has 0 aliphatic carbocycles. The maximum absolute atomic E-state index is 6.24. The number of aromatic nitrogens is 2. The minimum Gasteiger partial charge on any atom is -0.494 e. The molecule has 0 spiro atoms. The van der Waals surface area contributed by atoms with Crippen molar-refractivity contribution in [3.8, 4) is 17.2 Å². The molecule has 0 fully saturated rings. The highest BCUT2D eigenvalue weighted by Gasteiger charge is 2.12. The normalized spacial score (nSPS) is 12.1. The van der Waals surface area contributed by atoms with Crippen molar-refractivity contribution in [2.45, 2.75) is 39.3 Å². The first kappa shape index (κ1) is 19.4. The molecule has 1 atom stereocenters. The first-order chi connectivity index (χ1) is 13.2. The van der Waals surface area contributed by atoms with Crippen molar-refractivity contribution in [3.05, 3.63) is 65.0 Å². The van der Waals surface area contributed by atoms with Crippen LogP contribution >= 0.6 is 11.6 Å². The van der Waals surface area contributed by atoms with Gasteiger partial charge in [0.1, 0.15) is 5.75 Å². The molecule has 0 aliphatic rings. The predicted octanol–water partition coefficient (Wildman–Crippen LogP) is 5.42. The molecule has 0 saturated carbocycles. The van der Waals surface area contributed by atoms with Crippen LogP contribution in [0.5, 0.6) is 5.75 Å². The van der Waals surface area contributed by atoms with Crippen LogP contribution in [0.2, 0.25) is 5.02 Å². The van der Waals surface area contributed by atoms with Crippen LogP contribution < -0.4 is 10.1 Å². The minimum absolute atomic E-state index is 0.0774. The van der Waals surface area contributed by atoms with Gasteiger partial charge in [-0.1, -0.05) is 43.1 Å². The van der Waals surface area contributed by atoms with E-state index in [-0.39, 0.29) is 6.04 Å². The van der Waals surface area contributed by atoms with E-state index in [9.17, 15) is 0 Å². The molecule has 0 radical (unpaired) electrons. The summed E-state index contributed by atoms with van der Waals surface area (Å²) in [6.45, 7) is 5.40. The van der Waals surface area contributed by atoms with Crippen LogP contribution in [-0.4, -0.2) is 16.8 Å². The average molecular weight is 386 g/mol. The molecule has 0 saturated heterocycles. The molecule has 0 amide bonds. The van der Waals surface area contributed by atoms with Gasteiger partial charge in [-0.3, -0.25) is 0 Å². The van der Waals surface area contributed by atoms with E-state index in [1.807, 2.05) is 48.5 Å². The highest BCUT2D eigenvalue weighted by molar-refractivity contribution is 6.31. The molecule has 5 nitrogen and oxygen atoms in total. The van der Waals surface area contributed by atoms with Crippen LogP contribution in [0, 0.1) is 0 Å². The van der Waals surface area contributed by atoms with Crippen molar-refractivity contribution in [1.29, 1.82) is 0 Å². The lowest BCUT2D eigenvalue weighted by Gasteiger charge is -2.14. The van der Waals surface area contributed by atoms with Gasteiger partial charge < -0.3 is 14.5 Å². The molecule has 0 aliphatic heterocycles. The van der Waals surface area contributed by atoms with Crippen molar-refractivity contribution >= 4 is 11.6 Å². The second kappa shape index (κ2) is 9.53. The van der Waals surface area contributed by atoms with Crippen molar-refractivity contribution in [2.75, 3.05) is 6.61 Å². The fraction of sp³-hybridized carbons (Fsp3) is 0.333. The summed E-state index contributed by atoms with van der Waals surface area (Å²) in [6.07, 6.45) is 2.17. The van der Waals surface area contributed by atoms with E-state index < -0.39 is 0 Å². The zero-order chi connectivity index (χ0) is 19.1. The first-order valence-corrected chi connectivity index (χ1v) is 9.58. The standard InChI is InChI=1S/C21H24ClN3O2/c1-3-4-13-26-17-11-9-16(10-12-17)21-25-24-20(27-21)14-23-15(2)18-7-5-6-8-19(18)22/h5-12,15,23H,3-4,13-14H2,1-2H3. The summed E-state index contributed by atoms with van der Waals surface area (Å²) in [4.78, 5) is 0. The van der Waals surface area contributed by atoms with Gasteiger partial charge in [0, 0.05) is 16.6 Å². The van der Waals surface area contributed by atoms with E-state index in [0.29, 0.717) is 18.3 Å². The Morgan fingerprint density at radius 1 is 1.11 bits per heavy atom. The third-order valence-corrected chi connectivity index (χ3v) is 4.61. The Bertz CT molecular complexity index is 849. The fourth-order valence-corrected chi connectivity index (χ4v) is 2.95. The largest absolute Gasteiger partial charge is 0.494 e. The summed E-state index contributed by atoms with van der Waals surface area (Å²) in [5.74, 6) is 1.88. The van der Waals surface area contributed by atoms with Gasteiger partial charge in [-0.15, -0.1) is 10.2 Å². The van der Waals surface area contributed by atoms with Gasteiger partial charge in [0.2, 0.25) is 11.8 Å². The third kappa shape index (κ3) is 5.31. The van der Waals surface area contributed by atoms with Crippen LogP contribution in [0.1, 0.15) is 44.2 Å². The second-order valence-corrected chi connectivity index (χ2v) is 6.76. The highest BCUT2D eigenvalue weighted by Crippen LogP contribution is 2.24. The van der Waals surface area contributed by atoms with E-state index in [2.05, 4.69) is 29.4 Å². The molecule has 2 aromatic carbocycles. The van der Waals surface area contributed by atoms with Crippen molar-refractivity contribution < 1.29 is 9.15 Å². The number of unbranched alkanes of at least 4 members (excludes halogenated alkanes) is 1. The first-order valence-electron chi connectivity index (χ1n) is 9.20. The molecule has 142 valence electrons. The number of halogens is 1. The van der Waals surface area contributed by atoms with Gasteiger partial charge in [0.05, 0.1) is 13.2 Å². The van der Waals surface area contributed by atoms with Gasteiger partial charge in [-0.2, -0.15) is 0 Å². The number of hydrogen-bond acceptors (Lipinski definition) is 5. The molecule has 1 heterocycles. The van der Waals surface area contributed by atoms with E-state index >= 15 is 0 Å². The van der Waals surface area contributed by atoms with Gasteiger partial charge in [-0.05, 0) is 49.2 Å². The van der Waals surface area contributed by atoms with E-state index in [1.165, 1.54) is 0 Å². The smallest absolute Gasteiger partial charge is 0.247 e. The SMILES string of the molecule is CCCCOc1ccc(-c2nnc(CNC(C)c3ccccc3Cl)o2)cc1. The van der Waals surface area contributed by atoms with E-state index in [4.69, 9.17) is 20.8 Å². The summed E-state index contributed by atoms with van der Waals surface area (Å²) >= 11 is 6.24. The molecule has 3 aromatic rings. The molecular weight excluding hydrogens is 362 g/mol. The van der Waals surface area contributed by atoms with Crippen molar-refractivity contribution in [2.24, 2.45) is 0 Å². The Labute approximate surface area is 164 Å². The van der Waals surface area contributed by atoms with E-state index in [1.54, 1.807) is 0 Å². The highest BCUT2D eigenvalue weighted by atomic mass is 35.5. The Morgan fingerprint density at radius 2 is 1.89 bits per heavy atom. The Balaban J connectivity index is 1.57. The predicted molar refractivity (Wildman–Crippen MR) is 107 cm³/mol. The summed E-state index contributed by atoms with van der Waals surface area (Å²) in [5.41, 5.74) is 1.91. The molecule has 27 heavy (non-hydrogen) atoms. The number of nitrogens with zero attached hydrogens (tertiary/aromatic N) is 2. The van der Waals surface area contributed by atoms with Crippen LogP contribution in [0.15, 0.2) is 52.9 Å². The van der Waals surface area contributed by atoms with E-state index in [0.717, 1.165) is 41.3 Å². The summed E-state index contributed by atoms with van der Waals surface area (Å²) < 4.78 is 11.4. The van der Waals surface area contributed by atoms with Crippen molar-refractivity contribution in [1.82, 2.24) is 15.5 Å². The maximum atomic E-state index is 6.24. The molecule has 6 heteroatoms. The van der Waals surface area contributed by atoms with Crippen LogP contribution in [0.4, 0.5) is 0 Å². The molecular formula is C21H24ClN3O2. The second-order valence-electron chi connectivity index (χ2n) is 6.35. The van der Waals surface area contributed by atoms with Crippen molar-refractivity contribution in [3.63, 3.8) is 0 Å². The van der Waals surface area contributed by atoms with Gasteiger partial charge in [0.25, 0.3) is 0 Å². The number of ether oxygens (including phenoxy) is 1. The summed E-state index contributed by atoms with van der Waals surface area (Å²) in [5, 5.41) is 12.4. The third-order valence-electron chi connectivity index (χ3n) is 4.27. The zero-order valence-electron chi connectivity index (χ0n) is 15.6. The topological polar surface area (TPSA) is 60.2 Å². The Hall–Kier alpha value is -2.37. The Morgan fingerprint density at radius 3 is 2.63 bits per heavy atom. The lowest BCUT2D eigenvalue weighted by atomic mass is 10.1. The van der Waals surface area contributed by atoms with Gasteiger partial charge in [-0.25, -0.2) is 0 Å². The number of nitrogens with one attached hydrogen (secondary N) is 1. The molecule has 3 rings (SSSR count). The Kier molecular flexibility index (Phi) is 6.85. The minimum atomic E-state index is 0.0774. The lowest BCUT2D eigenvalue weighted by molar-refractivity contribution is 0.309. The average Bonchev–Trinajstić information content (AvgIpc) is 3.16. The summed E-state index contributed by atoms with van der Waals surface area (Å²) in [7, 11) is 0. The molecule has 1 aromatic heterocycles.